The van der Waals surface area contributed by atoms with Gasteiger partial charge in [-0.25, -0.2) is 18.4 Å². The largest absolute Gasteiger partial charge is 0.451 e. The van der Waals surface area contributed by atoms with Gasteiger partial charge in [-0.1, -0.05) is 13.0 Å². The van der Waals surface area contributed by atoms with Crippen LogP contribution in [0.25, 0.3) is 0 Å². The quantitative estimate of drug-likeness (QED) is 0.727. The molecule has 2 aromatic rings. The predicted molar refractivity (Wildman–Crippen MR) is 99.9 cm³/mol. The number of nitrogens with two attached hydrogens (primary N) is 1. The van der Waals surface area contributed by atoms with Crippen LogP contribution in [0, 0.1) is 13.8 Å². The summed E-state index contributed by atoms with van der Waals surface area (Å²) in [6.45, 7) is 5.04. The van der Waals surface area contributed by atoms with Crippen molar-refractivity contribution in [1.29, 1.82) is 0 Å². The van der Waals surface area contributed by atoms with Crippen LogP contribution in [0.4, 0.5) is 5.69 Å². The summed E-state index contributed by atoms with van der Waals surface area (Å²) in [6.07, 6.45) is 0.815. The van der Waals surface area contributed by atoms with Crippen molar-refractivity contribution in [3.8, 4) is 0 Å². The van der Waals surface area contributed by atoms with Gasteiger partial charge < -0.3 is 10.1 Å². The Morgan fingerprint density at radius 1 is 1.23 bits per heavy atom. The summed E-state index contributed by atoms with van der Waals surface area (Å²) in [5.74, 6) is -1.14. The first-order valence-corrected chi connectivity index (χ1v) is 10.2. The summed E-state index contributed by atoms with van der Waals surface area (Å²) in [4.78, 5) is 25.4. The second kappa shape index (κ2) is 7.98. The van der Waals surface area contributed by atoms with E-state index in [0.717, 1.165) is 16.9 Å². The minimum atomic E-state index is -3.89. The molecule has 0 saturated heterocycles. The average Bonchev–Trinajstić information content (AvgIpc) is 2.94. The van der Waals surface area contributed by atoms with Gasteiger partial charge in [0.15, 0.2) is 6.61 Å². The zero-order valence-electron chi connectivity index (χ0n) is 14.7. The van der Waals surface area contributed by atoms with Gasteiger partial charge in [-0.2, -0.15) is 0 Å². The normalized spacial score (nSPS) is 11.2. The molecule has 1 heterocycles. The predicted octanol–water partition coefficient (Wildman–Crippen LogP) is 2.37. The Hall–Kier alpha value is -2.23. The summed E-state index contributed by atoms with van der Waals surface area (Å²) >= 11 is 1.32. The van der Waals surface area contributed by atoms with Crippen molar-refractivity contribution < 1.29 is 22.7 Å². The number of aryl methyl sites for hydroxylation is 3. The highest BCUT2D eigenvalue weighted by Gasteiger charge is 2.16. The van der Waals surface area contributed by atoms with Crippen LogP contribution in [-0.4, -0.2) is 26.9 Å². The smallest absolute Gasteiger partial charge is 0.348 e. The molecule has 2 rings (SSSR count). The number of anilines is 1. The van der Waals surface area contributed by atoms with Gasteiger partial charge in [-0.05, 0) is 49.6 Å². The molecule has 140 valence electrons. The fourth-order valence-electron chi connectivity index (χ4n) is 2.36. The van der Waals surface area contributed by atoms with Gasteiger partial charge in [-0.3, -0.25) is 4.79 Å². The first-order chi connectivity index (χ1) is 12.1. The van der Waals surface area contributed by atoms with Crippen LogP contribution in [-0.2, 0) is 26.0 Å². The topological polar surface area (TPSA) is 116 Å². The van der Waals surface area contributed by atoms with Gasteiger partial charge in [0, 0.05) is 10.6 Å². The number of amides is 1. The molecule has 3 N–H and O–H groups in total. The molecule has 0 unspecified atom stereocenters. The van der Waals surface area contributed by atoms with Gasteiger partial charge in [0.05, 0.1) is 4.90 Å². The number of esters is 1. The number of primary sulfonamides is 1. The van der Waals surface area contributed by atoms with E-state index in [2.05, 4.69) is 5.32 Å². The minimum absolute atomic E-state index is 0.0755. The molecule has 0 aliphatic carbocycles. The molecule has 0 atom stereocenters. The highest BCUT2D eigenvalue weighted by atomic mass is 32.2. The third-order valence-corrected chi connectivity index (χ3v) is 5.84. The van der Waals surface area contributed by atoms with Crippen LogP contribution in [0.2, 0.25) is 0 Å². The first-order valence-electron chi connectivity index (χ1n) is 7.81. The summed E-state index contributed by atoms with van der Waals surface area (Å²) in [6, 6.07) is 6.10. The molecule has 0 fully saturated rings. The van der Waals surface area contributed by atoms with Crippen molar-refractivity contribution in [3.63, 3.8) is 0 Å². The molecular formula is C17H20N2O5S2. The number of thiophene rings is 1. The average molecular weight is 396 g/mol. The molecule has 0 spiro atoms. The van der Waals surface area contributed by atoms with E-state index in [9.17, 15) is 18.0 Å². The number of rotatable bonds is 6. The minimum Gasteiger partial charge on any atom is -0.451 e. The number of ether oxygens (including phenoxy) is 1. The van der Waals surface area contributed by atoms with Crippen molar-refractivity contribution in [2.45, 2.75) is 32.1 Å². The zero-order valence-corrected chi connectivity index (χ0v) is 16.3. The van der Waals surface area contributed by atoms with E-state index in [1.165, 1.54) is 23.5 Å². The van der Waals surface area contributed by atoms with Crippen LogP contribution >= 0.6 is 11.3 Å². The van der Waals surface area contributed by atoms with E-state index in [-0.39, 0.29) is 10.6 Å². The lowest BCUT2D eigenvalue weighted by molar-refractivity contribution is -0.119. The molecule has 0 aliphatic rings. The number of hydrogen-bond acceptors (Lipinski definition) is 6. The van der Waals surface area contributed by atoms with Crippen molar-refractivity contribution >= 4 is 38.9 Å². The maximum absolute atomic E-state index is 12.0. The summed E-state index contributed by atoms with van der Waals surface area (Å²) < 4.78 is 28.0. The fraction of sp³-hybridized carbons (Fsp3) is 0.294. The van der Waals surface area contributed by atoms with E-state index in [0.29, 0.717) is 10.4 Å². The summed E-state index contributed by atoms with van der Waals surface area (Å²) in [5, 5.41) is 7.62. The molecule has 0 aliphatic heterocycles. The lowest BCUT2D eigenvalue weighted by Gasteiger charge is -2.09. The van der Waals surface area contributed by atoms with E-state index in [1.807, 2.05) is 13.8 Å². The van der Waals surface area contributed by atoms with E-state index in [1.54, 1.807) is 19.1 Å². The lowest BCUT2D eigenvalue weighted by atomic mass is 10.2. The SMILES string of the molecule is CCc1cc(C(=O)OCC(=O)Nc2ccc(C)c(S(N)(=O)=O)c2)sc1C. The zero-order chi connectivity index (χ0) is 19.5. The van der Waals surface area contributed by atoms with Gasteiger partial charge in [0.2, 0.25) is 10.0 Å². The number of hydrogen-bond donors (Lipinski definition) is 2. The third kappa shape index (κ3) is 4.90. The van der Waals surface area contributed by atoms with Gasteiger partial charge in [0.1, 0.15) is 4.88 Å². The Balaban J connectivity index is 2.00. The molecule has 7 nitrogen and oxygen atoms in total. The monoisotopic (exact) mass is 396 g/mol. The van der Waals surface area contributed by atoms with Crippen LogP contribution in [0.15, 0.2) is 29.2 Å². The molecule has 0 radical (unpaired) electrons. The van der Waals surface area contributed by atoms with Crippen LogP contribution in [0.1, 0.15) is 32.6 Å². The molecule has 1 aromatic carbocycles. The number of nitrogens with one attached hydrogen (secondary N) is 1. The van der Waals surface area contributed by atoms with Gasteiger partial charge in [-0.15, -0.1) is 11.3 Å². The van der Waals surface area contributed by atoms with Crippen molar-refractivity contribution in [2.24, 2.45) is 5.14 Å². The Kier molecular flexibility index (Phi) is 6.17. The highest BCUT2D eigenvalue weighted by Crippen LogP contribution is 2.23. The Morgan fingerprint density at radius 2 is 1.92 bits per heavy atom. The van der Waals surface area contributed by atoms with E-state index in [4.69, 9.17) is 9.88 Å². The highest BCUT2D eigenvalue weighted by molar-refractivity contribution is 7.89. The summed E-state index contributed by atoms with van der Waals surface area (Å²) in [5.41, 5.74) is 1.79. The Morgan fingerprint density at radius 3 is 2.50 bits per heavy atom. The van der Waals surface area contributed by atoms with Crippen molar-refractivity contribution in [3.05, 3.63) is 45.1 Å². The standard InChI is InChI=1S/C17H20N2O5S2/c1-4-12-7-14(25-11(12)3)17(21)24-9-16(20)19-13-6-5-10(2)15(8-13)26(18,22)23/h5-8H,4,9H2,1-3H3,(H,19,20)(H2,18,22,23). The number of benzene rings is 1. The maximum atomic E-state index is 12.0. The number of sulfonamides is 1. The molecular weight excluding hydrogens is 376 g/mol. The molecule has 0 bridgehead atoms. The van der Waals surface area contributed by atoms with Gasteiger partial charge >= 0.3 is 5.97 Å². The molecule has 0 saturated carbocycles. The Labute approximate surface area is 156 Å². The van der Waals surface area contributed by atoms with E-state index >= 15 is 0 Å². The number of carbonyl (C=O) groups excluding carboxylic acids is 2. The van der Waals surface area contributed by atoms with Crippen LogP contribution in [0.5, 0.6) is 0 Å². The fourth-order valence-corrected chi connectivity index (χ4v) is 4.17. The molecule has 1 amide bonds. The lowest BCUT2D eigenvalue weighted by Crippen LogP contribution is -2.21. The Bertz CT molecular complexity index is 948. The van der Waals surface area contributed by atoms with Gasteiger partial charge in [0.25, 0.3) is 5.91 Å². The van der Waals surface area contributed by atoms with Crippen LogP contribution < -0.4 is 10.5 Å². The third-order valence-electron chi connectivity index (χ3n) is 3.72. The van der Waals surface area contributed by atoms with E-state index < -0.39 is 28.5 Å². The first kappa shape index (κ1) is 20.1. The molecule has 26 heavy (non-hydrogen) atoms. The molecule has 9 heteroatoms. The maximum Gasteiger partial charge on any atom is 0.348 e. The molecule has 1 aromatic heterocycles. The number of carbonyl (C=O) groups is 2. The second-order valence-electron chi connectivity index (χ2n) is 5.70. The van der Waals surface area contributed by atoms with Crippen molar-refractivity contribution in [2.75, 3.05) is 11.9 Å². The van der Waals surface area contributed by atoms with Crippen molar-refractivity contribution in [1.82, 2.24) is 0 Å². The van der Waals surface area contributed by atoms with Crippen LogP contribution in [0.3, 0.4) is 0 Å². The second-order valence-corrected chi connectivity index (χ2v) is 8.48. The summed E-state index contributed by atoms with van der Waals surface area (Å²) in [7, 11) is -3.89.